The number of unbranched alkanes of at least 4 members (excludes halogenated alkanes) is 1. The number of benzene rings is 2. The molecule has 0 aliphatic rings. The summed E-state index contributed by atoms with van der Waals surface area (Å²) in [5.41, 5.74) is 0.968. The highest BCUT2D eigenvalue weighted by Gasteiger charge is 2.28. The molecule has 6 nitrogen and oxygen atoms in total. The molecule has 2 aromatic rings. The van der Waals surface area contributed by atoms with Crippen molar-refractivity contribution in [1.82, 2.24) is 10.2 Å². The number of rotatable bonds is 12. The molecule has 0 aliphatic heterocycles. The summed E-state index contributed by atoms with van der Waals surface area (Å²) in [7, 11) is 1.59. The first-order chi connectivity index (χ1) is 14.6. The number of carbonyl (C=O) groups is 2. The van der Waals surface area contributed by atoms with E-state index in [1.54, 1.807) is 36.3 Å². The molecule has 0 fully saturated rings. The van der Waals surface area contributed by atoms with Crippen LogP contribution in [0.25, 0.3) is 0 Å². The van der Waals surface area contributed by atoms with Gasteiger partial charge in [-0.25, -0.2) is 0 Å². The summed E-state index contributed by atoms with van der Waals surface area (Å²) in [5.74, 6) is 0.935. The van der Waals surface area contributed by atoms with Gasteiger partial charge in [-0.15, -0.1) is 0 Å². The van der Waals surface area contributed by atoms with E-state index >= 15 is 0 Å². The van der Waals surface area contributed by atoms with Crippen molar-refractivity contribution >= 4 is 11.8 Å². The molecule has 6 heteroatoms. The molecule has 0 aromatic heterocycles. The third-order valence-electron chi connectivity index (χ3n) is 4.83. The Kier molecular flexibility index (Phi) is 9.71. The molecule has 2 aromatic carbocycles. The molecular formula is C24H32N2O4. The molecule has 2 rings (SSSR count). The van der Waals surface area contributed by atoms with Crippen LogP contribution in [-0.4, -0.2) is 43.0 Å². The molecule has 0 radical (unpaired) electrons. The Morgan fingerprint density at radius 3 is 2.27 bits per heavy atom. The van der Waals surface area contributed by atoms with Crippen molar-refractivity contribution in [2.45, 2.75) is 45.7 Å². The van der Waals surface area contributed by atoms with Gasteiger partial charge < -0.3 is 19.7 Å². The Bertz CT molecular complexity index is 778. The highest BCUT2D eigenvalue weighted by Crippen LogP contribution is 2.18. The molecule has 0 aliphatic carbocycles. The first-order valence-corrected chi connectivity index (χ1v) is 10.5. The largest absolute Gasteiger partial charge is 0.497 e. The van der Waals surface area contributed by atoms with Crippen LogP contribution in [0.3, 0.4) is 0 Å². The van der Waals surface area contributed by atoms with Gasteiger partial charge in [0.15, 0.2) is 6.61 Å². The summed E-state index contributed by atoms with van der Waals surface area (Å²) in [6.07, 6.45) is 2.44. The maximum Gasteiger partial charge on any atom is 0.261 e. The Balaban J connectivity index is 2.11. The molecule has 0 saturated carbocycles. The molecular weight excluding hydrogens is 380 g/mol. The lowest BCUT2D eigenvalue weighted by Gasteiger charge is -2.30. The van der Waals surface area contributed by atoms with Crippen LogP contribution in [0.15, 0.2) is 54.6 Å². The number of hydrogen-bond donors (Lipinski definition) is 1. The summed E-state index contributed by atoms with van der Waals surface area (Å²) in [5, 5.41) is 2.95. The molecule has 0 saturated heterocycles. The lowest BCUT2D eigenvalue weighted by Crippen LogP contribution is -2.50. The minimum Gasteiger partial charge on any atom is -0.497 e. The van der Waals surface area contributed by atoms with Crippen molar-refractivity contribution in [1.29, 1.82) is 0 Å². The Morgan fingerprint density at radius 1 is 1.00 bits per heavy atom. The third-order valence-corrected chi connectivity index (χ3v) is 4.83. The fourth-order valence-electron chi connectivity index (χ4n) is 3.11. The van der Waals surface area contributed by atoms with Gasteiger partial charge in [0.05, 0.1) is 7.11 Å². The van der Waals surface area contributed by atoms with Crippen molar-refractivity contribution in [2.75, 3.05) is 20.3 Å². The van der Waals surface area contributed by atoms with Crippen LogP contribution in [0, 0.1) is 0 Å². The van der Waals surface area contributed by atoms with Crippen molar-refractivity contribution in [2.24, 2.45) is 0 Å². The maximum atomic E-state index is 13.1. The zero-order valence-electron chi connectivity index (χ0n) is 18.1. The molecule has 30 heavy (non-hydrogen) atoms. The molecule has 1 atom stereocenters. The smallest absolute Gasteiger partial charge is 0.261 e. The van der Waals surface area contributed by atoms with Crippen LogP contribution in [-0.2, 0) is 16.1 Å². The van der Waals surface area contributed by atoms with E-state index in [1.165, 1.54) is 0 Å². The van der Waals surface area contributed by atoms with Crippen molar-refractivity contribution in [3.05, 3.63) is 60.2 Å². The van der Waals surface area contributed by atoms with Gasteiger partial charge in [0, 0.05) is 13.1 Å². The zero-order valence-corrected chi connectivity index (χ0v) is 18.1. The first-order valence-electron chi connectivity index (χ1n) is 10.5. The van der Waals surface area contributed by atoms with Gasteiger partial charge in [0.25, 0.3) is 5.91 Å². The van der Waals surface area contributed by atoms with Gasteiger partial charge in [-0.1, -0.05) is 50.6 Å². The van der Waals surface area contributed by atoms with Gasteiger partial charge in [0.2, 0.25) is 5.91 Å². The summed E-state index contributed by atoms with van der Waals surface area (Å²) < 4.78 is 10.8. The van der Waals surface area contributed by atoms with E-state index in [4.69, 9.17) is 9.47 Å². The summed E-state index contributed by atoms with van der Waals surface area (Å²) in [4.78, 5) is 27.5. The van der Waals surface area contributed by atoms with Gasteiger partial charge in [0.1, 0.15) is 17.5 Å². The van der Waals surface area contributed by atoms with Gasteiger partial charge >= 0.3 is 0 Å². The predicted molar refractivity (Wildman–Crippen MR) is 117 cm³/mol. The van der Waals surface area contributed by atoms with E-state index in [-0.39, 0.29) is 18.4 Å². The van der Waals surface area contributed by atoms with Crippen molar-refractivity contribution in [3.8, 4) is 11.5 Å². The highest BCUT2D eigenvalue weighted by atomic mass is 16.5. The number of hydrogen-bond acceptors (Lipinski definition) is 4. The number of ether oxygens (including phenoxy) is 2. The third kappa shape index (κ3) is 7.10. The second-order valence-electron chi connectivity index (χ2n) is 7.04. The molecule has 1 N–H and O–H groups in total. The van der Waals surface area contributed by atoms with E-state index in [0.29, 0.717) is 31.0 Å². The monoisotopic (exact) mass is 412 g/mol. The molecule has 162 valence electrons. The fraction of sp³-hybridized carbons (Fsp3) is 0.417. The number of nitrogens with zero attached hydrogens (tertiary/aromatic N) is 1. The summed E-state index contributed by atoms with van der Waals surface area (Å²) in [6, 6.07) is 16.2. The van der Waals surface area contributed by atoms with Gasteiger partial charge in [-0.3, -0.25) is 9.59 Å². The SMILES string of the molecule is CCCCNC(=O)[C@H](CC)N(Cc1ccccc1)C(=O)COc1ccc(OC)cc1. The molecule has 2 amide bonds. The normalized spacial score (nSPS) is 11.4. The lowest BCUT2D eigenvalue weighted by molar-refractivity contribution is -0.143. The quantitative estimate of drug-likeness (QED) is 0.539. The molecule has 0 heterocycles. The molecule has 0 bridgehead atoms. The predicted octanol–water partition coefficient (Wildman–Crippen LogP) is 3.80. The molecule has 0 unspecified atom stereocenters. The minimum absolute atomic E-state index is 0.125. The summed E-state index contributed by atoms with van der Waals surface area (Å²) >= 11 is 0. The average Bonchev–Trinajstić information content (AvgIpc) is 2.78. The average molecular weight is 413 g/mol. The van der Waals surface area contributed by atoms with E-state index < -0.39 is 6.04 Å². The van der Waals surface area contributed by atoms with Crippen LogP contribution in [0.5, 0.6) is 11.5 Å². The second kappa shape index (κ2) is 12.5. The van der Waals surface area contributed by atoms with Crippen molar-refractivity contribution < 1.29 is 19.1 Å². The first kappa shape index (κ1) is 23.3. The number of carbonyl (C=O) groups excluding carboxylic acids is 2. The van der Waals surface area contributed by atoms with Crippen LogP contribution >= 0.6 is 0 Å². The van der Waals surface area contributed by atoms with Gasteiger partial charge in [-0.05, 0) is 42.7 Å². The maximum absolute atomic E-state index is 13.1. The second-order valence-corrected chi connectivity index (χ2v) is 7.04. The topological polar surface area (TPSA) is 67.9 Å². The standard InChI is InChI=1S/C24H32N2O4/c1-4-6-16-25-24(28)22(5-2)26(17-19-10-8-7-9-11-19)23(27)18-30-21-14-12-20(29-3)13-15-21/h7-15,22H,4-6,16-18H2,1-3H3,(H,25,28)/t22-/m0/s1. The number of amides is 2. The van der Waals surface area contributed by atoms with E-state index in [1.807, 2.05) is 37.3 Å². The minimum atomic E-state index is -0.547. The Hall–Kier alpha value is -3.02. The Labute approximate surface area is 179 Å². The van der Waals surface area contributed by atoms with E-state index in [0.717, 1.165) is 18.4 Å². The van der Waals surface area contributed by atoms with E-state index in [9.17, 15) is 9.59 Å². The zero-order chi connectivity index (χ0) is 21.8. The highest BCUT2D eigenvalue weighted by molar-refractivity contribution is 5.88. The number of methoxy groups -OCH3 is 1. The number of nitrogens with one attached hydrogen (secondary N) is 1. The van der Waals surface area contributed by atoms with Crippen LogP contribution < -0.4 is 14.8 Å². The summed E-state index contributed by atoms with van der Waals surface area (Å²) in [6.45, 7) is 4.82. The van der Waals surface area contributed by atoms with Crippen LogP contribution in [0.2, 0.25) is 0 Å². The van der Waals surface area contributed by atoms with Gasteiger partial charge in [-0.2, -0.15) is 0 Å². The lowest BCUT2D eigenvalue weighted by atomic mass is 10.1. The van der Waals surface area contributed by atoms with Crippen LogP contribution in [0.4, 0.5) is 0 Å². The van der Waals surface area contributed by atoms with E-state index in [2.05, 4.69) is 12.2 Å². The van der Waals surface area contributed by atoms with Crippen LogP contribution in [0.1, 0.15) is 38.7 Å². The fourth-order valence-corrected chi connectivity index (χ4v) is 3.11. The Morgan fingerprint density at radius 2 is 1.67 bits per heavy atom. The molecule has 0 spiro atoms. The van der Waals surface area contributed by atoms with Crippen molar-refractivity contribution in [3.63, 3.8) is 0 Å².